The SMILES string of the molecule is CN1C(=O)C(c2ncc(C#Cc3ccc(F)cc3)cn2)CCC1(C)C. The molecule has 4 nitrogen and oxygen atoms in total. The molecule has 1 aromatic carbocycles. The summed E-state index contributed by atoms with van der Waals surface area (Å²) in [7, 11) is 1.83. The van der Waals surface area contributed by atoms with E-state index in [0.717, 1.165) is 18.4 Å². The summed E-state index contributed by atoms with van der Waals surface area (Å²) in [6.07, 6.45) is 4.92. The fourth-order valence-electron chi connectivity index (χ4n) is 2.82. The van der Waals surface area contributed by atoms with Crippen molar-refractivity contribution in [1.82, 2.24) is 14.9 Å². The van der Waals surface area contributed by atoms with Gasteiger partial charge in [0.15, 0.2) is 0 Å². The van der Waals surface area contributed by atoms with Gasteiger partial charge in [0.05, 0.1) is 11.5 Å². The first-order chi connectivity index (χ1) is 11.9. The third-order valence-electron chi connectivity index (χ3n) is 4.76. The maximum atomic E-state index is 12.9. The number of piperidine rings is 1. The van der Waals surface area contributed by atoms with Crippen molar-refractivity contribution >= 4 is 5.91 Å². The van der Waals surface area contributed by atoms with Crippen LogP contribution >= 0.6 is 0 Å². The van der Waals surface area contributed by atoms with Gasteiger partial charge in [-0.15, -0.1) is 0 Å². The molecule has 1 aliphatic heterocycles. The van der Waals surface area contributed by atoms with Crippen molar-refractivity contribution in [2.75, 3.05) is 7.05 Å². The van der Waals surface area contributed by atoms with Crippen LogP contribution in [-0.4, -0.2) is 33.4 Å². The van der Waals surface area contributed by atoms with Crippen LogP contribution in [0.2, 0.25) is 0 Å². The topological polar surface area (TPSA) is 46.1 Å². The van der Waals surface area contributed by atoms with Crippen molar-refractivity contribution in [3.63, 3.8) is 0 Å². The van der Waals surface area contributed by atoms with Crippen LogP contribution in [-0.2, 0) is 4.79 Å². The number of likely N-dealkylation sites (tertiary alicyclic amines) is 1. The minimum absolute atomic E-state index is 0.0568. The number of halogens is 1. The molecule has 2 aromatic rings. The van der Waals surface area contributed by atoms with Gasteiger partial charge in [-0.05, 0) is 51.0 Å². The molecule has 1 unspecified atom stereocenters. The second kappa shape index (κ2) is 6.64. The molecule has 0 radical (unpaired) electrons. The molecule has 1 fully saturated rings. The fourth-order valence-corrected chi connectivity index (χ4v) is 2.82. The lowest BCUT2D eigenvalue weighted by molar-refractivity contribution is -0.140. The number of carbonyl (C=O) groups is 1. The van der Waals surface area contributed by atoms with Gasteiger partial charge in [0.25, 0.3) is 0 Å². The number of hydrogen-bond acceptors (Lipinski definition) is 3. The standard InChI is InChI=1S/C20H20FN3O/c1-20(2)11-10-17(19(25)24(20)3)18-22-12-15(13-23-18)5-4-14-6-8-16(21)9-7-14/h6-9,12-13,17H,10-11H2,1-3H3. The number of amides is 1. The molecule has 3 rings (SSSR count). The van der Waals surface area contributed by atoms with Crippen molar-refractivity contribution in [1.29, 1.82) is 0 Å². The van der Waals surface area contributed by atoms with E-state index in [9.17, 15) is 9.18 Å². The van der Waals surface area contributed by atoms with Gasteiger partial charge in [0.2, 0.25) is 5.91 Å². The second-order valence-electron chi connectivity index (χ2n) is 6.89. The van der Waals surface area contributed by atoms with Gasteiger partial charge in [-0.2, -0.15) is 0 Å². The maximum absolute atomic E-state index is 12.9. The molecular formula is C20H20FN3O. The number of benzene rings is 1. The van der Waals surface area contributed by atoms with Crippen LogP contribution in [0.3, 0.4) is 0 Å². The van der Waals surface area contributed by atoms with E-state index in [4.69, 9.17) is 0 Å². The van der Waals surface area contributed by atoms with Gasteiger partial charge in [0, 0.05) is 30.5 Å². The molecule has 1 aromatic heterocycles. The predicted molar refractivity (Wildman–Crippen MR) is 93.2 cm³/mol. The molecule has 128 valence electrons. The third-order valence-corrected chi connectivity index (χ3v) is 4.76. The van der Waals surface area contributed by atoms with E-state index >= 15 is 0 Å². The molecule has 0 bridgehead atoms. The van der Waals surface area contributed by atoms with E-state index < -0.39 is 0 Å². The van der Waals surface area contributed by atoms with Crippen molar-refractivity contribution in [2.45, 2.75) is 38.1 Å². The Balaban J connectivity index is 1.75. The van der Waals surface area contributed by atoms with Gasteiger partial charge in [0.1, 0.15) is 11.6 Å². The molecule has 1 aliphatic rings. The summed E-state index contributed by atoms with van der Waals surface area (Å²) in [5, 5.41) is 0. The number of aromatic nitrogens is 2. The molecule has 1 atom stereocenters. The summed E-state index contributed by atoms with van der Waals surface area (Å²) in [5.74, 6) is 5.91. The Hall–Kier alpha value is -2.74. The lowest BCUT2D eigenvalue weighted by Gasteiger charge is -2.42. The van der Waals surface area contributed by atoms with Gasteiger partial charge >= 0.3 is 0 Å². The average Bonchev–Trinajstić information content (AvgIpc) is 2.60. The molecule has 1 amide bonds. The Labute approximate surface area is 147 Å². The van der Waals surface area contributed by atoms with Gasteiger partial charge in [-0.1, -0.05) is 11.8 Å². The third kappa shape index (κ3) is 3.69. The van der Waals surface area contributed by atoms with Gasteiger partial charge in [-0.25, -0.2) is 14.4 Å². The molecule has 1 saturated heterocycles. The number of rotatable bonds is 1. The summed E-state index contributed by atoms with van der Waals surface area (Å²) in [6, 6.07) is 5.98. The number of nitrogens with zero attached hydrogens (tertiary/aromatic N) is 3. The lowest BCUT2D eigenvalue weighted by Crippen LogP contribution is -2.51. The summed E-state index contributed by atoms with van der Waals surface area (Å²) < 4.78 is 12.9. The zero-order chi connectivity index (χ0) is 18.0. The van der Waals surface area contributed by atoms with Crippen molar-refractivity contribution < 1.29 is 9.18 Å². The first-order valence-electron chi connectivity index (χ1n) is 8.24. The van der Waals surface area contributed by atoms with E-state index in [1.807, 2.05) is 7.05 Å². The number of carbonyl (C=O) groups excluding carboxylic acids is 1. The zero-order valence-corrected chi connectivity index (χ0v) is 14.6. The molecule has 25 heavy (non-hydrogen) atoms. The van der Waals surface area contributed by atoms with Crippen LogP contribution in [0.5, 0.6) is 0 Å². The lowest BCUT2D eigenvalue weighted by atomic mass is 9.84. The van der Waals surface area contributed by atoms with Crippen LogP contribution in [0.4, 0.5) is 4.39 Å². The van der Waals surface area contributed by atoms with Crippen LogP contribution < -0.4 is 0 Å². The molecular weight excluding hydrogens is 317 g/mol. The Kier molecular flexibility index (Phi) is 4.54. The Morgan fingerprint density at radius 3 is 2.36 bits per heavy atom. The van der Waals surface area contributed by atoms with Crippen molar-refractivity contribution in [3.8, 4) is 11.8 Å². The summed E-state index contributed by atoms with van der Waals surface area (Å²) >= 11 is 0. The molecule has 2 heterocycles. The molecule has 0 aliphatic carbocycles. The fraction of sp³-hybridized carbons (Fsp3) is 0.350. The van der Waals surface area contributed by atoms with Crippen LogP contribution in [0, 0.1) is 17.7 Å². The minimum Gasteiger partial charge on any atom is -0.340 e. The highest BCUT2D eigenvalue weighted by Crippen LogP contribution is 2.34. The minimum atomic E-state index is -0.294. The Bertz CT molecular complexity index is 832. The maximum Gasteiger partial charge on any atom is 0.233 e. The largest absolute Gasteiger partial charge is 0.340 e. The first-order valence-corrected chi connectivity index (χ1v) is 8.24. The normalized spacial score (nSPS) is 19.3. The Morgan fingerprint density at radius 1 is 1.12 bits per heavy atom. The highest BCUT2D eigenvalue weighted by Gasteiger charge is 2.39. The van der Waals surface area contributed by atoms with Crippen molar-refractivity contribution in [3.05, 3.63) is 59.4 Å². The first kappa shape index (κ1) is 17.1. The molecule has 0 spiro atoms. The average molecular weight is 337 g/mol. The Morgan fingerprint density at radius 2 is 1.72 bits per heavy atom. The molecule has 5 heteroatoms. The number of hydrogen-bond donors (Lipinski definition) is 0. The van der Waals surface area contributed by atoms with E-state index in [2.05, 4.69) is 35.7 Å². The highest BCUT2D eigenvalue weighted by molar-refractivity contribution is 5.84. The molecule has 0 N–H and O–H groups in total. The van der Waals surface area contributed by atoms with E-state index in [-0.39, 0.29) is 23.2 Å². The van der Waals surface area contributed by atoms with Crippen LogP contribution in [0.1, 0.15) is 49.6 Å². The number of likely N-dealkylation sites (N-methyl/N-ethyl adjacent to an activating group) is 1. The van der Waals surface area contributed by atoms with E-state index in [1.165, 1.54) is 12.1 Å². The molecule has 0 saturated carbocycles. The monoisotopic (exact) mass is 337 g/mol. The van der Waals surface area contributed by atoms with Crippen LogP contribution in [0.15, 0.2) is 36.7 Å². The smallest absolute Gasteiger partial charge is 0.233 e. The van der Waals surface area contributed by atoms with E-state index in [0.29, 0.717) is 11.4 Å². The second-order valence-corrected chi connectivity index (χ2v) is 6.89. The summed E-state index contributed by atoms with van der Waals surface area (Å²) in [5.41, 5.74) is 1.25. The quantitative estimate of drug-likeness (QED) is 0.751. The van der Waals surface area contributed by atoms with Crippen LogP contribution in [0.25, 0.3) is 0 Å². The van der Waals surface area contributed by atoms with E-state index in [1.54, 1.807) is 29.4 Å². The van der Waals surface area contributed by atoms with Crippen molar-refractivity contribution in [2.24, 2.45) is 0 Å². The zero-order valence-electron chi connectivity index (χ0n) is 14.6. The highest BCUT2D eigenvalue weighted by atomic mass is 19.1. The summed E-state index contributed by atoms with van der Waals surface area (Å²) in [4.78, 5) is 23.0. The van der Waals surface area contributed by atoms with Gasteiger partial charge < -0.3 is 4.90 Å². The van der Waals surface area contributed by atoms with Gasteiger partial charge in [-0.3, -0.25) is 4.79 Å². The predicted octanol–water partition coefficient (Wildman–Crippen LogP) is 3.13. The summed E-state index contributed by atoms with van der Waals surface area (Å²) in [6.45, 7) is 4.13.